The van der Waals surface area contributed by atoms with Gasteiger partial charge < -0.3 is 30.1 Å². The number of halogens is 1. The molecule has 30 heavy (non-hydrogen) atoms. The molecule has 3 amide bonds. The summed E-state index contributed by atoms with van der Waals surface area (Å²) in [4.78, 5) is 25.8. The van der Waals surface area contributed by atoms with Gasteiger partial charge in [-0.2, -0.15) is 0 Å². The Labute approximate surface area is 183 Å². The van der Waals surface area contributed by atoms with Crippen LogP contribution in [-0.2, 0) is 9.47 Å². The van der Waals surface area contributed by atoms with Gasteiger partial charge in [0.1, 0.15) is 0 Å². The van der Waals surface area contributed by atoms with Gasteiger partial charge in [0, 0.05) is 19.3 Å². The number of nitrogens with zero attached hydrogens (tertiary/aromatic N) is 1. The summed E-state index contributed by atoms with van der Waals surface area (Å²) in [5.41, 5.74) is 0.798. The van der Waals surface area contributed by atoms with E-state index >= 15 is 0 Å². The molecule has 0 aliphatic carbocycles. The highest BCUT2D eigenvalue weighted by Crippen LogP contribution is 2.21. The van der Waals surface area contributed by atoms with Gasteiger partial charge in [-0.25, -0.2) is 4.79 Å². The van der Waals surface area contributed by atoms with Crippen molar-refractivity contribution in [1.82, 2.24) is 10.2 Å². The van der Waals surface area contributed by atoms with Crippen molar-refractivity contribution < 1.29 is 24.2 Å². The third kappa shape index (κ3) is 10.2. The number of aliphatic hydroxyl groups excluding tert-OH is 1. The Morgan fingerprint density at radius 1 is 1.20 bits per heavy atom. The van der Waals surface area contributed by atoms with Crippen molar-refractivity contribution in [2.75, 3.05) is 45.3 Å². The summed E-state index contributed by atoms with van der Waals surface area (Å²) in [5, 5.41) is 15.8. The number of rotatable bonds is 12. The fraction of sp³-hybridized carbons (Fsp3) is 0.619. The SMILES string of the molecule is CC(C)CNC(=O)c1ccc(NC(=O)N(C)CC(O)COCCOC(C)C)cc1Cl. The number of amides is 3. The third-order valence-corrected chi connectivity index (χ3v) is 4.27. The van der Waals surface area contributed by atoms with Crippen LogP contribution in [0.5, 0.6) is 0 Å². The first-order chi connectivity index (χ1) is 14.1. The van der Waals surface area contributed by atoms with E-state index in [0.717, 1.165) is 0 Å². The van der Waals surface area contributed by atoms with E-state index in [1.165, 1.54) is 11.0 Å². The molecule has 1 atom stereocenters. The van der Waals surface area contributed by atoms with Gasteiger partial charge >= 0.3 is 6.03 Å². The zero-order chi connectivity index (χ0) is 22.7. The van der Waals surface area contributed by atoms with E-state index in [9.17, 15) is 14.7 Å². The zero-order valence-electron chi connectivity index (χ0n) is 18.4. The number of carbonyl (C=O) groups is 2. The molecule has 3 N–H and O–H groups in total. The zero-order valence-corrected chi connectivity index (χ0v) is 19.2. The van der Waals surface area contributed by atoms with Crippen LogP contribution < -0.4 is 10.6 Å². The van der Waals surface area contributed by atoms with Crippen LogP contribution in [0, 0.1) is 5.92 Å². The molecule has 0 saturated carbocycles. The Balaban J connectivity index is 2.47. The first kappa shape index (κ1) is 26.2. The molecule has 0 saturated heterocycles. The Hall–Kier alpha value is -1.87. The lowest BCUT2D eigenvalue weighted by atomic mass is 10.1. The average molecular weight is 444 g/mol. The lowest BCUT2D eigenvalue weighted by Crippen LogP contribution is -2.39. The molecule has 0 fully saturated rings. The van der Waals surface area contributed by atoms with Crippen molar-refractivity contribution in [2.45, 2.75) is 39.9 Å². The summed E-state index contributed by atoms with van der Waals surface area (Å²) in [6.07, 6.45) is -0.694. The first-order valence-corrected chi connectivity index (χ1v) is 10.4. The Morgan fingerprint density at radius 2 is 1.90 bits per heavy atom. The van der Waals surface area contributed by atoms with Crippen LogP contribution in [0.15, 0.2) is 18.2 Å². The molecule has 1 unspecified atom stereocenters. The molecule has 8 nitrogen and oxygen atoms in total. The van der Waals surface area contributed by atoms with Crippen molar-refractivity contribution in [2.24, 2.45) is 5.92 Å². The molecule has 9 heteroatoms. The Morgan fingerprint density at radius 3 is 2.50 bits per heavy atom. The maximum absolute atomic E-state index is 12.3. The van der Waals surface area contributed by atoms with E-state index in [1.54, 1.807) is 19.2 Å². The summed E-state index contributed by atoms with van der Waals surface area (Å²) in [6.45, 7) is 9.45. The minimum absolute atomic E-state index is 0.0975. The van der Waals surface area contributed by atoms with Gasteiger partial charge in [0.25, 0.3) is 5.91 Å². The van der Waals surface area contributed by atoms with Crippen molar-refractivity contribution in [1.29, 1.82) is 0 Å². The lowest BCUT2D eigenvalue weighted by Gasteiger charge is -2.21. The Kier molecular flexibility index (Phi) is 11.7. The highest BCUT2D eigenvalue weighted by atomic mass is 35.5. The third-order valence-electron chi connectivity index (χ3n) is 3.96. The predicted octanol–water partition coefficient (Wildman–Crippen LogP) is 2.99. The van der Waals surface area contributed by atoms with E-state index in [1.807, 2.05) is 27.7 Å². The van der Waals surface area contributed by atoms with Gasteiger partial charge in [-0.3, -0.25) is 4.79 Å². The number of ether oxygens (including phenoxy) is 2. The minimum atomic E-state index is -0.824. The van der Waals surface area contributed by atoms with Crippen LogP contribution in [0.2, 0.25) is 5.02 Å². The van der Waals surface area contributed by atoms with Crippen LogP contribution in [0.1, 0.15) is 38.1 Å². The quantitative estimate of drug-likeness (QED) is 0.431. The molecule has 1 aromatic rings. The van der Waals surface area contributed by atoms with E-state index in [4.69, 9.17) is 21.1 Å². The molecule has 170 valence electrons. The number of hydrogen-bond donors (Lipinski definition) is 3. The smallest absolute Gasteiger partial charge is 0.321 e. The molecule has 0 aliphatic heterocycles. The molecule has 0 aromatic heterocycles. The summed E-state index contributed by atoms with van der Waals surface area (Å²) in [6, 6.07) is 4.28. The van der Waals surface area contributed by atoms with Crippen LogP contribution in [-0.4, -0.2) is 74.1 Å². The number of likely N-dealkylation sites (N-methyl/N-ethyl adjacent to an activating group) is 1. The molecule has 0 heterocycles. The van der Waals surface area contributed by atoms with Crippen molar-refractivity contribution in [3.8, 4) is 0 Å². The standard InChI is InChI=1S/C21H34ClN3O5/c1-14(2)11-23-20(27)18-7-6-16(10-19(18)22)24-21(28)25(5)12-17(26)13-29-8-9-30-15(3)4/h6-7,10,14-15,17,26H,8-9,11-13H2,1-5H3,(H,23,27)(H,24,28). The van der Waals surface area contributed by atoms with Crippen LogP contribution in [0.4, 0.5) is 10.5 Å². The number of benzene rings is 1. The highest BCUT2D eigenvalue weighted by Gasteiger charge is 2.16. The summed E-state index contributed by atoms with van der Waals surface area (Å²) < 4.78 is 10.7. The normalized spacial score (nSPS) is 12.2. The Bertz CT molecular complexity index is 685. The van der Waals surface area contributed by atoms with Gasteiger partial charge in [-0.15, -0.1) is 0 Å². The molecular formula is C21H34ClN3O5. The van der Waals surface area contributed by atoms with Crippen LogP contribution in [0.25, 0.3) is 0 Å². The van der Waals surface area contributed by atoms with Crippen LogP contribution in [0.3, 0.4) is 0 Å². The van der Waals surface area contributed by atoms with E-state index in [0.29, 0.717) is 36.9 Å². The highest BCUT2D eigenvalue weighted by molar-refractivity contribution is 6.34. The number of anilines is 1. The fourth-order valence-corrected chi connectivity index (χ4v) is 2.67. The van der Waals surface area contributed by atoms with Gasteiger partial charge in [-0.05, 0) is 38.0 Å². The second-order valence-corrected chi connectivity index (χ2v) is 8.16. The number of carbonyl (C=O) groups excluding carboxylic acids is 2. The molecular weight excluding hydrogens is 410 g/mol. The van der Waals surface area contributed by atoms with E-state index in [-0.39, 0.29) is 30.2 Å². The van der Waals surface area contributed by atoms with E-state index in [2.05, 4.69) is 10.6 Å². The minimum Gasteiger partial charge on any atom is -0.389 e. The largest absolute Gasteiger partial charge is 0.389 e. The van der Waals surface area contributed by atoms with Crippen LogP contribution >= 0.6 is 11.6 Å². The van der Waals surface area contributed by atoms with Crippen molar-refractivity contribution in [3.63, 3.8) is 0 Å². The second kappa shape index (κ2) is 13.4. The molecule has 0 aliphatic rings. The van der Waals surface area contributed by atoms with E-state index < -0.39 is 12.1 Å². The summed E-state index contributed by atoms with van der Waals surface area (Å²) in [7, 11) is 1.57. The summed E-state index contributed by atoms with van der Waals surface area (Å²) >= 11 is 6.20. The van der Waals surface area contributed by atoms with Gasteiger partial charge in [-0.1, -0.05) is 25.4 Å². The molecule has 0 spiro atoms. The van der Waals surface area contributed by atoms with Crippen molar-refractivity contribution in [3.05, 3.63) is 28.8 Å². The second-order valence-electron chi connectivity index (χ2n) is 7.76. The number of aliphatic hydroxyl groups is 1. The summed E-state index contributed by atoms with van der Waals surface area (Å²) in [5.74, 6) is 0.0709. The lowest BCUT2D eigenvalue weighted by molar-refractivity contribution is -0.0144. The topological polar surface area (TPSA) is 100 Å². The van der Waals surface area contributed by atoms with Gasteiger partial charge in [0.05, 0.1) is 49.2 Å². The number of hydrogen-bond acceptors (Lipinski definition) is 5. The van der Waals surface area contributed by atoms with Crippen molar-refractivity contribution >= 4 is 29.2 Å². The maximum Gasteiger partial charge on any atom is 0.321 e. The van der Waals surface area contributed by atoms with Gasteiger partial charge in [0.15, 0.2) is 0 Å². The molecule has 0 bridgehead atoms. The number of nitrogens with one attached hydrogen (secondary N) is 2. The fourth-order valence-electron chi connectivity index (χ4n) is 2.40. The molecule has 1 aromatic carbocycles. The molecule has 0 radical (unpaired) electrons. The van der Waals surface area contributed by atoms with Gasteiger partial charge in [0.2, 0.25) is 0 Å². The first-order valence-electron chi connectivity index (χ1n) is 10.1. The maximum atomic E-state index is 12.3. The predicted molar refractivity (Wildman–Crippen MR) is 118 cm³/mol. The molecule has 1 rings (SSSR count). The average Bonchev–Trinajstić information content (AvgIpc) is 2.65. The monoisotopic (exact) mass is 443 g/mol. The number of urea groups is 1.